The van der Waals surface area contributed by atoms with E-state index in [1.165, 1.54) is 12.3 Å². The van der Waals surface area contributed by atoms with E-state index in [1.54, 1.807) is 0 Å². The van der Waals surface area contributed by atoms with Gasteiger partial charge in [0, 0.05) is 11.9 Å². The normalized spacial score (nSPS) is 14.2. The first-order valence-corrected chi connectivity index (χ1v) is 7.07. The van der Waals surface area contributed by atoms with Crippen LogP contribution in [0.4, 0.5) is 0 Å². The fourth-order valence-corrected chi connectivity index (χ4v) is 2.86. The predicted molar refractivity (Wildman–Crippen MR) is 62.9 cm³/mol. The maximum Gasteiger partial charge on any atom is 0.257 e. The van der Waals surface area contributed by atoms with Gasteiger partial charge in [-0.2, -0.15) is 5.10 Å². The highest BCUT2D eigenvalue weighted by Crippen LogP contribution is 2.11. The lowest BCUT2D eigenvalue weighted by atomic mass is 10.0. The molecular formula is C9H16ClN3O2S. The van der Waals surface area contributed by atoms with Crippen molar-refractivity contribution in [1.82, 2.24) is 14.9 Å². The summed E-state index contributed by atoms with van der Waals surface area (Å²) >= 11 is 5.64. The molecule has 0 amide bonds. The summed E-state index contributed by atoms with van der Waals surface area (Å²) in [4.78, 5) is 0. The lowest BCUT2D eigenvalue weighted by Gasteiger charge is -2.20. The molecule has 7 heteroatoms. The van der Waals surface area contributed by atoms with Crippen molar-refractivity contribution in [2.75, 3.05) is 5.88 Å². The van der Waals surface area contributed by atoms with Crippen LogP contribution in [0.1, 0.15) is 20.3 Å². The van der Waals surface area contributed by atoms with E-state index in [-0.39, 0.29) is 17.0 Å². The molecule has 0 fully saturated rings. The van der Waals surface area contributed by atoms with E-state index in [2.05, 4.69) is 14.9 Å². The zero-order chi connectivity index (χ0) is 12.2. The van der Waals surface area contributed by atoms with Crippen molar-refractivity contribution in [1.29, 1.82) is 0 Å². The average molecular weight is 266 g/mol. The van der Waals surface area contributed by atoms with Crippen molar-refractivity contribution in [3.05, 3.63) is 12.3 Å². The summed E-state index contributed by atoms with van der Waals surface area (Å²) in [7, 11) is -3.51. The van der Waals surface area contributed by atoms with Crippen molar-refractivity contribution in [3.8, 4) is 0 Å². The highest BCUT2D eigenvalue weighted by atomic mass is 35.5. The number of hydrogen-bond donors (Lipinski definition) is 2. The number of hydrogen-bond acceptors (Lipinski definition) is 3. The summed E-state index contributed by atoms with van der Waals surface area (Å²) in [6.07, 6.45) is 2.01. The minimum absolute atomic E-state index is 0.0766. The Morgan fingerprint density at radius 3 is 2.69 bits per heavy atom. The number of halogens is 1. The van der Waals surface area contributed by atoms with Gasteiger partial charge in [0.25, 0.3) is 10.0 Å². The standard InChI is InChI=1S/C9H16ClN3O2S/c1-7(2)8(3-5-10)13-16(14,15)9-4-6-11-12-9/h4,6-8,13H,3,5H2,1-2H3,(H,11,12). The molecule has 0 aliphatic carbocycles. The number of rotatable bonds is 6. The van der Waals surface area contributed by atoms with Crippen LogP contribution < -0.4 is 4.72 Å². The second-order valence-electron chi connectivity index (χ2n) is 3.87. The summed E-state index contributed by atoms with van der Waals surface area (Å²) in [5.74, 6) is 0.616. The molecule has 1 rings (SSSR count). The Balaban J connectivity index is 2.78. The summed E-state index contributed by atoms with van der Waals surface area (Å²) in [5, 5.41) is 6.12. The first-order chi connectivity index (χ1) is 7.47. The van der Waals surface area contributed by atoms with Gasteiger partial charge in [-0.1, -0.05) is 13.8 Å². The van der Waals surface area contributed by atoms with Gasteiger partial charge in [0.15, 0.2) is 5.03 Å². The second kappa shape index (κ2) is 5.65. The van der Waals surface area contributed by atoms with Crippen molar-refractivity contribution >= 4 is 21.6 Å². The minimum Gasteiger partial charge on any atom is -0.266 e. The van der Waals surface area contributed by atoms with Gasteiger partial charge in [-0.05, 0) is 18.4 Å². The number of H-pyrrole nitrogens is 1. The molecule has 1 heterocycles. The van der Waals surface area contributed by atoms with Crippen LogP contribution in [-0.4, -0.2) is 30.5 Å². The van der Waals surface area contributed by atoms with E-state index in [0.717, 1.165) is 0 Å². The third-order valence-electron chi connectivity index (χ3n) is 2.30. The van der Waals surface area contributed by atoms with Gasteiger partial charge >= 0.3 is 0 Å². The van der Waals surface area contributed by atoms with E-state index >= 15 is 0 Å². The molecule has 0 bridgehead atoms. The van der Waals surface area contributed by atoms with Crippen LogP contribution in [0.25, 0.3) is 0 Å². The Labute approximate surface area is 101 Å². The molecule has 1 atom stereocenters. The zero-order valence-electron chi connectivity index (χ0n) is 9.27. The molecule has 0 saturated carbocycles. The Hall–Kier alpha value is -0.590. The summed E-state index contributed by atoms with van der Waals surface area (Å²) in [5.41, 5.74) is 0. The number of sulfonamides is 1. The molecule has 0 aliphatic rings. The average Bonchev–Trinajstić information content (AvgIpc) is 2.69. The van der Waals surface area contributed by atoms with Crippen molar-refractivity contribution in [2.24, 2.45) is 5.92 Å². The van der Waals surface area contributed by atoms with E-state index < -0.39 is 10.0 Å². The van der Waals surface area contributed by atoms with Crippen molar-refractivity contribution in [3.63, 3.8) is 0 Å². The summed E-state index contributed by atoms with van der Waals surface area (Å²) in [6.45, 7) is 3.90. The SMILES string of the molecule is CC(C)C(CCCl)NS(=O)(=O)c1ccn[nH]1. The van der Waals surface area contributed by atoms with Gasteiger partial charge < -0.3 is 0 Å². The Bertz CT molecular complexity index is 402. The molecular weight excluding hydrogens is 250 g/mol. The lowest BCUT2D eigenvalue weighted by Crippen LogP contribution is -2.38. The molecule has 2 N–H and O–H groups in total. The van der Waals surface area contributed by atoms with Crippen molar-refractivity contribution in [2.45, 2.75) is 31.3 Å². The van der Waals surface area contributed by atoms with E-state index in [4.69, 9.17) is 11.6 Å². The molecule has 1 aromatic rings. The molecule has 0 radical (unpaired) electrons. The van der Waals surface area contributed by atoms with Crippen LogP contribution in [0.3, 0.4) is 0 Å². The third kappa shape index (κ3) is 3.47. The van der Waals surface area contributed by atoms with Crippen LogP contribution in [0, 0.1) is 5.92 Å². The van der Waals surface area contributed by atoms with Crippen LogP contribution in [-0.2, 0) is 10.0 Å². The first-order valence-electron chi connectivity index (χ1n) is 5.05. The van der Waals surface area contributed by atoms with Gasteiger partial charge in [0.05, 0.1) is 6.20 Å². The monoisotopic (exact) mass is 265 g/mol. The molecule has 0 aromatic carbocycles. The zero-order valence-corrected chi connectivity index (χ0v) is 10.8. The summed E-state index contributed by atoms with van der Waals surface area (Å²) < 4.78 is 26.3. The van der Waals surface area contributed by atoms with E-state index in [0.29, 0.717) is 12.3 Å². The largest absolute Gasteiger partial charge is 0.266 e. The van der Waals surface area contributed by atoms with E-state index in [9.17, 15) is 8.42 Å². The number of alkyl halides is 1. The second-order valence-corrected chi connectivity index (χ2v) is 5.93. The molecule has 92 valence electrons. The Morgan fingerprint density at radius 2 is 2.25 bits per heavy atom. The lowest BCUT2D eigenvalue weighted by molar-refractivity contribution is 0.438. The van der Waals surface area contributed by atoms with Gasteiger partial charge in [-0.25, -0.2) is 13.1 Å². The highest BCUT2D eigenvalue weighted by Gasteiger charge is 2.22. The third-order valence-corrected chi connectivity index (χ3v) is 3.93. The molecule has 0 spiro atoms. The molecule has 5 nitrogen and oxygen atoms in total. The maximum atomic E-state index is 11.9. The van der Waals surface area contributed by atoms with Crippen LogP contribution in [0.15, 0.2) is 17.3 Å². The molecule has 0 aliphatic heterocycles. The molecule has 16 heavy (non-hydrogen) atoms. The summed E-state index contributed by atoms with van der Waals surface area (Å²) in [6, 6.07) is 1.26. The van der Waals surface area contributed by atoms with Gasteiger partial charge in [-0.3, -0.25) is 5.10 Å². The predicted octanol–water partition coefficient (Wildman–Crippen LogP) is 1.34. The topological polar surface area (TPSA) is 74.8 Å². The Morgan fingerprint density at radius 1 is 1.56 bits per heavy atom. The number of aromatic nitrogens is 2. The smallest absolute Gasteiger partial charge is 0.257 e. The van der Waals surface area contributed by atoms with Crippen molar-refractivity contribution < 1.29 is 8.42 Å². The fraction of sp³-hybridized carbons (Fsp3) is 0.667. The first kappa shape index (κ1) is 13.5. The molecule has 1 unspecified atom stereocenters. The van der Waals surface area contributed by atoms with Gasteiger partial charge in [0.2, 0.25) is 0 Å². The van der Waals surface area contributed by atoms with Gasteiger partial charge in [0.1, 0.15) is 0 Å². The van der Waals surface area contributed by atoms with Crippen LogP contribution >= 0.6 is 11.6 Å². The number of nitrogens with zero attached hydrogens (tertiary/aromatic N) is 1. The number of nitrogens with one attached hydrogen (secondary N) is 2. The van der Waals surface area contributed by atoms with Crippen LogP contribution in [0.2, 0.25) is 0 Å². The van der Waals surface area contributed by atoms with Gasteiger partial charge in [-0.15, -0.1) is 11.6 Å². The fourth-order valence-electron chi connectivity index (χ4n) is 1.30. The van der Waals surface area contributed by atoms with E-state index in [1.807, 2.05) is 13.8 Å². The number of aromatic amines is 1. The minimum atomic E-state index is -3.51. The molecule has 0 saturated heterocycles. The maximum absolute atomic E-state index is 11.9. The highest BCUT2D eigenvalue weighted by molar-refractivity contribution is 7.89. The Kier molecular flexibility index (Phi) is 4.76. The van der Waals surface area contributed by atoms with Crippen LogP contribution in [0.5, 0.6) is 0 Å². The molecule has 1 aromatic heterocycles. The quantitative estimate of drug-likeness (QED) is 0.763.